The zero-order valence-corrected chi connectivity index (χ0v) is 20.5. The molecule has 2 aliphatic carbocycles. The van der Waals surface area contributed by atoms with Gasteiger partial charge in [-0.15, -0.1) is 6.42 Å². The summed E-state index contributed by atoms with van der Waals surface area (Å²) in [5.74, 6) is 0. The Morgan fingerprint density at radius 2 is 1.69 bits per heavy atom. The average molecular weight is 432 g/mol. The first-order valence-corrected chi connectivity index (χ1v) is 8.86. The second kappa shape index (κ2) is 10.1. The first-order chi connectivity index (χ1) is 10.5. The van der Waals surface area contributed by atoms with E-state index in [0.717, 1.165) is 12.8 Å². The molecule has 0 aliphatic heterocycles. The largest absolute Gasteiger partial charge is 3.00 e. The average Bonchev–Trinajstić information content (AvgIpc) is 2.93. The minimum Gasteiger partial charge on any atom is -1.00 e. The summed E-state index contributed by atoms with van der Waals surface area (Å²) in [6, 6.07) is 0. The molecule has 4 heteroatoms. The van der Waals surface area contributed by atoms with Gasteiger partial charge in [0.1, 0.15) is 0 Å². The summed E-state index contributed by atoms with van der Waals surface area (Å²) in [5.41, 5.74) is 3.63. The van der Waals surface area contributed by atoms with E-state index in [4.69, 9.17) is 4.74 Å². The molecular weight excluding hydrogens is 399 g/mol. The molecule has 0 spiro atoms. The third-order valence-corrected chi connectivity index (χ3v) is 5.14. The predicted molar refractivity (Wildman–Crippen MR) is 99.2 cm³/mol. The van der Waals surface area contributed by atoms with Crippen molar-refractivity contribution in [3.8, 4) is 0 Å². The van der Waals surface area contributed by atoms with Crippen molar-refractivity contribution < 1.29 is 51.3 Å². The van der Waals surface area contributed by atoms with Crippen LogP contribution in [0.5, 0.6) is 0 Å². The van der Waals surface area contributed by atoms with Crippen molar-refractivity contribution in [3.63, 3.8) is 0 Å². The SMILES string of the molecule is CC1=CCC(OC(C)C)(C(C)(C)C2=[C-]CC=C2)C(C(C)(C)C)=C1.[Cl-].[Cl-].[Ti+3]. The van der Waals surface area contributed by atoms with E-state index in [1.807, 2.05) is 0 Å². The Morgan fingerprint density at radius 1 is 1.12 bits per heavy atom. The normalized spacial score (nSPS) is 22.6. The zero-order valence-electron chi connectivity index (χ0n) is 17.5. The number of allylic oxidation sites excluding steroid dienone is 5. The van der Waals surface area contributed by atoms with Gasteiger partial charge in [0.15, 0.2) is 0 Å². The summed E-state index contributed by atoms with van der Waals surface area (Å²) in [6.07, 6.45) is 14.7. The van der Waals surface area contributed by atoms with Crippen LogP contribution in [-0.4, -0.2) is 11.7 Å². The number of rotatable bonds is 4. The van der Waals surface area contributed by atoms with Crippen LogP contribution in [0, 0.1) is 16.9 Å². The summed E-state index contributed by atoms with van der Waals surface area (Å²) < 4.78 is 6.74. The van der Waals surface area contributed by atoms with E-state index < -0.39 is 0 Å². The fraction of sp³-hybridized carbons (Fsp3) is 0.636. The minimum atomic E-state index is -0.323. The topological polar surface area (TPSA) is 9.23 Å². The van der Waals surface area contributed by atoms with Gasteiger partial charge in [0.25, 0.3) is 0 Å². The van der Waals surface area contributed by atoms with E-state index in [-0.39, 0.29) is 69.1 Å². The molecular formula is C22H33Cl2OTi. The third-order valence-electron chi connectivity index (χ3n) is 5.14. The van der Waals surface area contributed by atoms with Crippen LogP contribution in [0.25, 0.3) is 0 Å². The first-order valence-electron chi connectivity index (χ1n) is 8.86. The van der Waals surface area contributed by atoms with Gasteiger partial charge in [-0.05, 0) is 43.6 Å². The van der Waals surface area contributed by atoms with Crippen LogP contribution in [0.2, 0.25) is 0 Å². The molecule has 1 radical (unpaired) electrons. The molecule has 2 rings (SSSR count). The molecule has 0 aromatic rings. The van der Waals surface area contributed by atoms with Gasteiger partial charge in [-0.2, -0.15) is 6.08 Å². The maximum atomic E-state index is 6.74. The van der Waals surface area contributed by atoms with Crippen LogP contribution < -0.4 is 24.8 Å². The van der Waals surface area contributed by atoms with E-state index in [0.29, 0.717) is 0 Å². The predicted octanol–water partition coefficient (Wildman–Crippen LogP) is 0.194. The maximum absolute atomic E-state index is 6.74. The van der Waals surface area contributed by atoms with Crippen molar-refractivity contribution in [1.82, 2.24) is 0 Å². The van der Waals surface area contributed by atoms with Gasteiger partial charge < -0.3 is 29.6 Å². The van der Waals surface area contributed by atoms with E-state index in [9.17, 15) is 0 Å². The van der Waals surface area contributed by atoms with Gasteiger partial charge in [-0.1, -0.05) is 52.3 Å². The second-order valence-corrected chi connectivity index (χ2v) is 8.78. The van der Waals surface area contributed by atoms with E-state index in [1.54, 1.807) is 0 Å². The van der Waals surface area contributed by atoms with Crippen molar-refractivity contribution in [2.75, 3.05) is 0 Å². The van der Waals surface area contributed by atoms with Crippen molar-refractivity contribution in [2.24, 2.45) is 10.8 Å². The molecule has 0 saturated heterocycles. The van der Waals surface area contributed by atoms with E-state index in [1.165, 1.54) is 16.7 Å². The van der Waals surface area contributed by atoms with Crippen molar-refractivity contribution in [3.05, 3.63) is 47.1 Å². The fourth-order valence-corrected chi connectivity index (χ4v) is 3.94. The summed E-state index contributed by atoms with van der Waals surface area (Å²) in [6.45, 7) is 18.0. The molecule has 0 aromatic carbocycles. The van der Waals surface area contributed by atoms with Crippen molar-refractivity contribution in [2.45, 2.75) is 79.9 Å². The van der Waals surface area contributed by atoms with Crippen LogP contribution in [-0.2, 0) is 26.5 Å². The van der Waals surface area contributed by atoms with Gasteiger partial charge in [-0.25, -0.2) is 11.6 Å². The molecule has 145 valence electrons. The molecule has 1 unspecified atom stereocenters. The number of hydrogen-bond donors (Lipinski definition) is 0. The van der Waals surface area contributed by atoms with E-state index >= 15 is 0 Å². The molecule has 1 atom stereocenters. The third kappa shape index (κ3) is 5.39. The minimum absolute atomic E-state index is 0. The molecule has 0 N–H and O–H groups in total. The summed E-state index contributed by atoms with van der Waals surface area (Å²) >= 11 is 0. The molecule has 0 heterocycles. The molecule has 0 bridgehead atoms. The fourth-order valence-electron chi connectivity index (χ4n) is 3.94. The van der Waals surface area contributed by atoms with Gasteiger partial charge in [-0.3, -0.25) is 6.08 Å². The molecule has 0 fully saturated rings. The molecule has 1 nitrogen and oxygen atoms in total. The van der Waals surface area contributed by atoms with Crippen molar-refractivity contribution in [1.29, 1.82) is 0 Å². The van der Waals surface area contributed by atoms with Crippen LogP contribution >= 0.6 is 0 Å². The van der Waals surface area contributed by atoms with Gasteiger partial charge in [0.2, 0.25) is 0 Å². The zero-order chi connectivity index (χ0) is 17.5. The molecule has 0 saturated carbocycles. The number of ether oxygens (including phenoxy) is 1. The monoisotopic (exact) mass is 431 g/mol. The Kier molecular flexibility index (Phi) is 11.1. The standard InChI is InChI=1S/C22H33O.2ClH.Ti/c1-16(2)23-22(21(7,8)18-11-9-10-12-18)14-13-17(3)15-19(22)20(4,5)6;;;/h9,11,13,15-16H,10,14H2,1-8H3;2*1H;/q-1;;;+3/p-2. The molecule has 0 amide bonds. The Hall–Kier alpha value is 0.214. The summed E-state index contributed by atoms with van der Waals surface area (Å²) in [5, 5.41) is 0. The quantitative estimate of drug-likeness (QED) is 0.456. The van der Waals surface area contributed by atoms with Gasteiger partial charge in [0.05, 0.1) is 11.7 Å². The van der Waals surface area contributed by atoms with E-state index in [2.05, 4.69) is 85.8 Å². The van der Waals surface area contributed by atoms with Crippen LogP contribution in [0.3, 0.4) is 0 Å². The van der Waals surface area contributed by atoms with Crippen LogP contribution in [0.1, 0.15) is 68.2 Å². The van der Waals surface area contributed by atoms with Crippen LogP contribution in [0.4, 0.5) is 0 Å². The van der Waals surface area contributed by atoms with Gasteiger partial charge >= 0.3 is 21.7 Å². The number of halogens is 2. The molecule has 2 aliphatic rings. The Bertz CT molecular complexity index is 592. The smallest absolute Gasteiger partial charge is 1.00 e. The van der Waals surface area contributed by atoms with Crippen molar-refractivity contribution >= 4 is 0 Å². The first kappa shape index (κ1) is 28.4. The molecule has 26 heavy (non-hydrogen) atoms. The summed E-state index contributed by atoms with van der Waals surface area (Å²) in [7, 11) is 0. The second-order valence-electron chi connectivity index (χ2n) is 8.78. The van der Waals surface area contributed by atoms with Gasteiger partial charge in [0, 0.05) is 0 Å². The molecule has 0 aromatic heterocycles. The number of hydrogen-bond acceptors (Lipinski definition) is 1. The summed E-state index contributed by atoms with van der Waals surface area (Å²) in [4.78, 5) is 0. The Labute approximate surface area is 188 Å². The Balaban J connectivity index is 0. The van der Waals surface area contributed by atoms with Crippen LogP contribution in [0.15, 0.2) is 41.0 Å². The maximum Gasteiger partial charge on any atom is 3.00 e. The Morgan fingerprint density at radius 3 is 2.12 bits per heavy atom.